The molecule has 1 aromatic carbocycles. The van der Waals surface area contributed by atoms with E-state index in [2.05, 4.69) is 19.1 Å². The molecule has 2 aliphatic rings. The van der Waals surface area contributed by atoms with Crippen molar-refractivity contribution in [3.8, 4) is 0 Å². The normalized spacial score (nSPS) is 29.3. The van der Waals surface area contributed by atoms with E-state index >= 15 is 0 Å². The fraction of sp³-hybridized carbons (Fsp3) is 0.680. The molecule has 0 unspecified atom stereocenters. The van der Waals surface area contributed by atoms with E-state index in [4.69, 9.17) is 0 Å². The van der Waals surface area contributed by atoms with Gasteiger partial charge in [-0.1, -0.05) is 38.0 Å². The summed E-state index contributed by atoms with van der Waals surface area (Å²) in [7, 11) is 0. The predicted octanol–water partition coefficient (Wildman–Crippen LogP) is 7.87. The van der Waals surface area contributed by atoms with E-state index in [1.165, 1.54) is 76.3 Å². The second kappa shape index (κ2) is 10.4. The second-order valence-electron chi connectivity index (χ2n) is 9.02. The molecular formula is C25H36F2. The smallest absolute Gasteiger partial charge is 0.159 e. The molecule has 2 fully saturated rings. The average molecular weight is 375 g/mol. The summed E-state index contributed by atoms with van der Waals surface area (Å²) in [6.45, 7) is 2.31. The SMILES string of the molecule is CCC[C@H]1CC[C@H](/C=C/[C@H]2CC[C@H](CCc3ccc(F)c(F)c3)CC2)CC1. The second-order valence-corrected chi connectivity index (χ2v) is 9.02. The monoisotopic (exact) mass is 374 g/mol. The zero-order chi connectivity index (χ0) is 19.1. The number of benzene rings is 1. The van der Waals surface area contributed by atoms with Crippen LogP contribution in [0.4, 0.5) is 8.78 Å². The molecule has 0 spiro atoms. The van der Waals surface area contributed by atoms with Crippen molar-refractivity contribution in [1.82, 2.24) is 0 Å². The van der Waals surface area contributed by atoms with Crippen LogP contribution in [0.3, 0.4) is 0 Å². The van der Waals surface area contributed by atoms with Gasteiger partial charge in [0.2, 0.25) is 0 Å². The molecule has 2 aliphatic carbocycles. The Morgan fingerprint density at radius 3 is 1.85 bits per heavy atom. The van der Waals surface area contributed by atoms with Crippen LogP contribution in [-0.4, -0.2) is 0 Å². The van der Waals surface area contributed by atoms with Gasteiger partial charge in [0.25, 0.3) is 0 Å². The lowest BCUT2D eigenvalue weighted by atomic mass is 9.77. The standard InChI is InChI=1S/C25H36F2/c1-2-3-19-4-6-20(7-5-19)8-9-21-10-12-22(13-11-21)14-15-23-16-17-24(26)25(27)18-23/h8-9,16-22H,2-7,10-15H2,1H3/b9-8+/t19-,20-,21-,22-. The van der Waals surface area contributed by atoms with Gasteiger partial charge in [-0.3, -0.25) is 0 Å². The predicted molar refractivity (Wildman–Crippen MR) is 110 cm³/mol. The highest BCUT2D eigenvalue weighted by molar-refractivity contribution is 5.17. The maximum atomic E-state index is 13.3. The molecule has 2 saturated carbocycles. The number of aryl methyl sites for hydroxylation is 1. The van der Waals surface area contributed by atoms with Crippen LogP contribution in [-0.2, 0) is 6.42 Å². The van der Waals surface area contributed by atoms with Crippen LogP contribution in [0, 0.1) is 35.3 Å². The third-order valence-electron chi connectivity index (χ3n) is 6.96. The van der Waals surface area contributed by atoms with Crippen molar-refractivity contribution in [3.05, 3.63) is 47.5 Å². The van der Waals surface area contributed by atoms with Gasteiger partial charge < -0.3 is 0 Å². The van der Waals surface area contributed by atoms with Crippen LogP contribution in [0.1, 0.15) is 83.1 Å². The van der Waals surface area contributed by atoms with E-state index < -0.39 is 11.6 Å². The summed E-state index contributed by atoms with van der Waals surface area (Å²) < 4.78 is 26.3. The van der Waals surface area contributed by atoms with Gasteiger partial charge in [-0.15, -0.1) is 0 Å². The maximum absolute atomic E-state index is 13.3. The Morgan fingerprint density at radius 1 is 0.778 bits per heavy atom. The highest BCUT2D eigenvalue weighted by atomic mass is 19.2. The van der Waals surface area contributed by atoms with Crippen molar-refractivity contribution >= 4 is 0 Å². The molecule has 27 heavy (non-hydrogen) atoms. The summed E-state index contributed by atoms with van der Waals surface area (Å²) in [5.41, 5.74) is 0.926. The summed E-state index contributed by atoms with van der Waals surface area (Å²) in [6.07, 6.45) is 20.6. The lowest BCUT2D eigenvalue weighted by molar-refractivity contribution is 0.285. The summed E-state index contributed by atoms with van der Waals surface area (Å²) in [6, 6.07) is 4.34. The molecule has 0 heterocycles. The molecular weight excluding hydrogens is 338 g/mol. The van der Waals surface area contributed by atoms with Crippen LogP contribution >= 0.6 is 0 Å². The summed E-state index contributed by atoms with van der Waals surface area (Å²) in [5.74, 6) is 1.86. The molecule has 150 valence electrons. The van der Waals surface area contributed by atoms with E-state index in [0.717, 1.165) is 42.1 Å². The fourth-order valence-electron chi connectivity index (χ4n) is 5.13. The Morgan fingerprint density at radius 2 is 1.33 bits per heavy atom. The Hall–Kier alpha value is -1.18. The van der Waals surface area contributed by atoms with E-state index in [-0.39, 0.29) is 0 Å². The van der Waals surface area contributed by atoms with E-state index in [1.807, 2.05) is 0 Å². The van der Waals surface area contributed by atoms with Crippen LogP contribution in [0.25, 0.3) is 0 Å². The highest BCUT2D eigenvalue weighted by Crippen LogP contribution is 2.35. The van der Waals surface area contributed by atoms with Crippen molar-refractivity contribution in [3.63, 3.8) is 0 Å². The lowest BCUT2D eigenvalue weighted by Gasteiger charge is -2.29. The van der Waals surface area contributed by atoms with Gasteiger partial charge in [-0.05, 0) is 106 Å². The first kappa shape index (κ1) is 20.6. The molecule has 0 bridgehead atoms. The average Bonchev–Trinajstić information content (AvgIpc) is 2.69. The minimum Gasteiger partial charge on any atom is -0.204 e. The molecule has 0 N–H and O–H groups in total. The highest BCUT2D eigenvalue weighted by Gasteiger charge is 2.21. The van der Waals surface area contributed by atoms with Crippen LogP contribution in [0.2, 0.25) is 0 Å². The van der Waals surface area contributed by atoms with Gasteiger partial charge in [0.1, 0.15) is 0 Å². The first-order valence-corrected chi connectivity index (χ1v) is 11.3. The third kappa shape index (κ3) is 6.43. The van der Waals surface area contributed by atoms with Crippen LogP contribution in [0.15, 0.2) is 30.4 Å². The molecule has 0 aliphatic heterocycles. The molecule has 0 aromatic heterocycles. The van der Waals surface area contributed by atoms with E-state index in [9.17, 15) is 8.78 Å². The summed E-state index contributed by atoms with van der Waals surface area (Å²) >= 11 is 0. The molecule has 3 rings (SSSR count). The van der Waals surface area contributed by atoms with Crippen LogP contribution < -0.4 is 0 Å². The molecule has 1 aromatic rings. The molecule has 0 nitrogen and oxygen atoms in total. The number of hydrogen-bond acceptors (Lipinski definition) is 0. The number of rotatable bonds is 7. The Labute approximate surface area is 164 Å². The third-order valence-corrected chi connectivity index (χ3v) is 6.96. The van der Waals surface area contributed by atoms with E-state index in [1.54, 1.807) is 6.07 Å². The lowest BCUT2D eigenvalue weighted by Crippen LogP contribution is -2.15. The molecule has 0 radical (unpaired) electrons. The molecule has 0 amide bonds. The minimum atomic E-state index is -0.745. The first-order valence-electron chi connectivity index (χ1n) is 11.3. The number of allylic oxidation sites excluding steroid dienone is 2. The van der Waals surface area contributed by atoms with Gasteiger partial charge in [-0.2, -0.15) is 0 Å². The molecule has 2 heteroatoms. The zero-order valence-electron chi connectivity index (χ0n) is 16.9. The van der Waals surface area contributed by atoms with Gasteiger partial charge >= 0.3 is 0 Å². The van der Waals surface area contributed by atoms with Crippen molar-refractivity contribution in [1.29, 1.82) is 0 Å². The Balaban J connectivity index is 1.34. The van der Waals surface area contributed by atoms with Crippen molar-refractivity contribution in [2.24, 2.45) is 23.7 Å². The van der Waals surface area contributed by atoms with Crippen molar-refractivity contribution < 1.29 is 8.78 Å². The molecule has 0 saturated heterocycles. The zero-order valence-corrected chi connectivity index (χ0v) is 16.9. The molecule has 0 atom stereocenters. The minimum absolute atomic E-state index is 0.718. The topological polar surface area (TPSA) is 0 Å². The number of hydrogen-bond donors (Lipinski definition) is 0. The van der Waals surface area contributed by atoms with Gasteiger partial charge in [0.15, 0.2) is 11.6 Å². The summed E-state index contributed by atoms with van der Waals surface area (Å²) in [5, 5.41) is 0. The van der Waals surface area contributed by atoms with E-state index in [0.29, 0.717) is 0 Å². The Kier molecular flexibility index (Phi) is 7.91. The number of halogens is 2. The Bertz CT molecular complexity index is 590. The maximum Gasteiger partial charge on any atom is 0.159 e. The van der Waals surface area contributed by atoms with Crippen molar-refractivity contribution in [2.75, 3.05) is 0 Å². The quantitative estimate of drug-likeness (QED) is 0.426. The van der Waals surface area contributed by atoms with Gasteiger partial charge in [0, 0.05) is 0 Å². The van der Waals surface area contributed by atoms with Crippen LogP contribution in [0.5, 0.6) is 0 Å². The first-order chi connectivity index (χ1) is 13.1. The van der Waals surface area contributed by atoms with Crippen molar-refractivity contribution in [2.45, 2.75) is 84.0 Å². The largest absolute Gasteiger partial charge is 0.204 e. The summed E-state index contributed by atoms with van der Waals surface area (Å²) in [4.78, 5) is 0. The fourth-order valence-corrected chi connectivity index (χ4v) is 5.13. The van der Waals surface area contributed by atoms with Gasteiger partial charge in [-0.25, -0.2) is 8.78 Å². The van der Waals surface area contributed by atoms with Gasteiger partial charge in [0.05, 0.1) is 0 Å².